The Morgan fingerprint density at radius 1 is 1.38 bits per heavy atom. The molecule has 1 aromatic carbocycles. The molecule has 1 aromatic rings. The fourth-order valence-electron chi connectivity index (χ4n) is 4.25. The van der Waals surface area contributed by atoms with E-state index >= 15 is 0 Å². The van der Waals surface area contributed by atoms with Crippen LogP contribution in [0.4, 0.5) is 0 Å². The summed E-state index contributed by atoms with van der Waals surface area (Å²) in [5, 5.41) is 17.9. The van der Waals surface area contributed by atoms with Crippen LogP contribution >= 0.6 is 11.6 Å². The summed E-state index contributed by atoms with van der Waals surface area (Å²) in [5.74, 6) is 1.28. The molecule has 1 saturated heterocycles. The number of nitrogens with one attached hydrogen (secondary N) is 2. The molecule has 1 aliphatic heterocycles. The van der Waals surface area contributed by atoms with Crippen LogP contribution in [0.15, 0.2) is 29.3 Å². The first kappa shape index (κ1) is 19.5. The Hall–Kier alpha value is -1.30. The standard InChI is InChI=1S/C20H30ClN3O2/c1-4-22-19(23-12-16(25)13-7-9-14(21)10-8-13)24-17-15-6-5-11-26-18(15)20(17,2)3/h7-10,15-18,25H,4-6,11-12H2,1-3H3,(H2,22,23,24). The second kappa shape index (κ2) is 8.15. The second-order valence-corrected chi connectivity index (χ2v) is 8.26. The maximum Gasteiger partial charge on any atom is 0.191 e. The molecule has 2 fully saturated rings. The van der Waals surface area contributed by atoms with Crippen LogP contribution in [0.5, 0.6) is 0 Å². The molecule has 5 nitrogen and oxygen atoms in total. The molecule has 144 valence electrons. The van der Waals surface area contributed by atoms with Crippen LogP contribution in [0.25, 0.3) is 0 Å². The fraction of sp³-hybridized carbons (Fsp3) is 0.650. The molecule has 1 saturated carbocycles. The number of benzene rings is 1. The monoisotopic (exact) mass is 379 g/mol. The SMILES string of the molecule is CCNC(=NCC(O)c1ccc(Cl)cc1)NC1C2CCCOC2C1(C)C. The van der Waals surface area contributed by atoms with Crippen LogP contribution < -0.4 is 10.6 Å². The minimum absolute atomic E-state index is 0.0794. The molecule has 0 spiro atoms. The molecule has 2 aliphatic rings. The van der Waals surface area contributed by atoms with Crippen molar-refractivity contribution in [2.75, 3.05) is 19.7 Å². The Labute approximate surface area is 161 Å². The highest BCUT2D eigenvalue weighted by Crippen LogP contribution is 2.51. The lowest BCUT2D eigenvalue weighted by Gasteiger charge is -2.60. The van der Waals surface area contributed by atoms with Crippen LogP contribution in [-0.2, 0) is 4.74 Å². The summed E-state index contributed by atoms with van der Waals surface area (Å²) >= 11 is 5.91. The van der Waals surface area contributed by atoms with Gasteiger partial charge in [0.25, 0.3) is 0 Å². The van der Waals surface area contributed by atoms with Gasteiger partial charge in [-0.3, -0.25) is 4.99 Å². The Morgan fingerprint density at radius 2 is 2.12 bits per heavy atom. The summed E-state index contributed by atoms with van der Waals surface area (Å²) in [7, 11) is 0. The molecule has 1 aliphatic carbocycles. The van der Waals surface area contributed by atoms with E-state index in [1.807, 2.05) is 19.1 Å². The molecule has 3 N–H and O–H groups in total. The summed E-state index contributed by atoms with van der Waals surface area (Å²) in [6.07, 6.45) is 2.00. The number of ether oxygens (including phenoxy) is 1. The van der Waals surface area contributed by atoms with E-state index in [1.165, 1.54) is 6.42 Å². The van der Waals surface area contributed by atoms with E-state index in [2.05, 4.69) is 29.5 Å². The Balaban J connectivity index is 1.64. The summed E-state index contributed by atoms with van der Waals surface area (Å²) in [5.41, 5.74) is 0.898. The average Bonchev–Trinajstić information content (AvgIpc) is 2.64. The van der Waals surface area contributed by atoms with Gasteiger partial charge >= 0.3 is 0 Å². The highest BCUT2D eigenvalue weighted by molar-refractivity contribution is 6.30. The van der Waals surface area contributed by atoms with Gasteiger partial charge in [0.15, 0.2) is 5.96 Å². The van der Waals surface area contributed by atoms with Gasteiger partial charge in [-0.2, -0.15) is 0 Å². The van der Waals surface area contributed by atoms with Crippen molar-refractivity contribution in [3.05, 3.63) is 34.9 Å². The van der Waals surface area contributed by atoms with Crippen molar-refractivity contribution in [1.82, 2.24) is 10.6 Å². The van der Waals surface area contributed by atoms with Gasteiger partial charge in [-0.15, -0.1) is 0 Å². The first-order valence-electron chi connectivity index (χ1n) is 9.53. The number of halogens is 1. The van der Waals surface area contributed by atoms with Crippen molar-refractivity contribution in [3.63, 3.8) is 0 Å². The summed E-state index contributed by atoms with van der Waals surface area (Å²) in [6, 6.07) is 7.57. The van der Waals surface area contributed by atoms with Crippen LogP contribution in [0.2, 0.25) is 5.02 Å². The third kappa shape index (κ3) is 4.00. The molecule has 4 unspecified atom stereocenters. The molecule has 6 heteroatoms. The summed E-state index contributed by atoms with van der Waals surface area (Å²) < 4.78 is 5.98. The molecule has 0 aromatic heterocycles. The highest BCUT2D eigenvalue weighted by Gasteiger charge is 2.58. The van der Waals surface area contributed by atoms with Gasteiger partial charge in [0.05, 0.1) is 18.8 Å². The number of rotatable bonds is 5. The molecular formula is C20H30ClN3O2. The van der Waals surface area contributed by atoms with E-state index in [1.54, 1.807) is 12.1 Å². The van der Waals surface area contributed by atoms with Crippen molar-refractivity contribution in [2.24, 2.45) is 16.3 Å². The van der Waals surface area contributed by atoms with Gasteiger partial charge in [-0.25, -0.2) is 0 Å². The molecule has 0 radical (unpaired) electrons. The third-order valence-electron chi connectivity index (χ3n) is 5.64. The van der Waals surface area contributed by atoms with E-state index in [9.17, 15) is 5.11 Å². The number of hydrogen-bond donors (Lipinski definition) is 3. The number of aliphatic hydroxyl groups excluding tert-OH is 1. The van der Waals surface area contributed by atoms with Crippen molar-refractivity contribution in [3.8, 4) is 0 Å². The number of fused-ring (bicyclic) bond motifs is 1. The quantitative estimate of drug-likeness (QED) is 0.543. The zero-order valence-electron chi connectivity index (χ0n) is 15.8. The van der Waals surface area contributed by atoms with Crippen molar-refractivity contribution in [1.29, 1.82) is 0 Å². The molecule has 4 atom stereocenters. The molecule has 0 amide bonds. The molecule has 26 heavy (non-hydrogen) atoms. The third-order valence-corrected chi connectivity index (χ3v) is 5.90. The Bertz CT molecular complexity index is 632. The summed E-state index contributed by atoms with van der Waals surface area (Å²) in [6.45, 7) is 8.51. The van der Waals surface area contributed by atoms with Gasteiger partial charge in [0.2, 0.25) is 0 Å². The molecule has 3 rings (SSSR count). The van der Waals surface area contributed by atoms with E-state index in [0.29, 0.717) is 29.6 Å². The van der Waals surface area contributed by atoms with Crippen LogP contribution in [0.1, 0.15) is 45.3 Å². The number of aliphatic hydroxyl groups is 1. The van der Waals surface area contributed by atoms with Crippen LogP contribution in [-0.4, -0.2) is 42.9 Å². The lowest BCUT2D eigenvalue weighted by Crippen LogP contribution is -2.71. The molecule has 1 heterocycles. The second-order valence-electron chi connectivity index (χ2n) is 7.83. The van der Waals surface area contributed by atoms with E-state index in [0.717, 1.165) is 31.1 Å². The van der Waals surface area contributed by atoms with Crippen molar-refractivity contribution >= 4 is 17.6 Å². The number of guanidine groups is 1. The van der Waals surface area contributed by atoms with Gasteiger partial charge < -0.3 is 20.5 Å². The Kier molecular flexibility index (Phi) is 6.10. The summed E-state index contributed by atoms with van der Waals surface area (Å²) in [4.78, 5) is 4.61. The maximum atomic E-state index is 10.4. The smallest absolute Gasteiger partial charge is 0.191 e. The molecule has 0 bridgehead atoms. The highest BCUT2D eigenvalue weighted by atomic mass is 35.5. The minimum Gasteiger partial charge on any atom is -0.386 e. The first-order valence-corrected chi connectivity index (χ1v) is 9.91. The number of nitrogens with zero attached hydrogens (tertiary/aromatic N) is 1. The maximum absolute atomic E-state index is 10.4. The number of aliphatic imine (C=N–C) groups is 1. The van der Waals surface area contributed by atoms with Crippen LogP contribution in [0, 0.1) is 11.3 Å². The first-order chi connectivity index (χ1) is 12.4. The van der Waals surface area contributed by atoms with Gasteiger partial charge in [-0.1, -0.05) is 37.6 Å². The van der Waals surface area contributed by atoms with Crippen molar-refractivity contribution in [2.45, 2.75) is 51.9 Å². The largest absolute Gasteiger partial charge is 0.386 e. The van der Waals surface area contributed by atoms with Gasteiger partial charge in [-0.05, 0) is 37.5 Å². The zero-order chi connectivity index (χ0) is 18.7. The van der Waals surface area contributed by atoms with E-state index in [4.69, 9.17) is 16.3 Å². The lowest BCUT2D eigenvalue weighted by atomic mass is 9.55. The van der Waals surface area contributed by atoms with E-state index < -0.39 is 6.10 Å². The lowest BCUT2D eigenvalue weighted by molar-refractivity contribution is -0.188. The van der Waals surface area contributed by atoms with Crippen molar-refractivity contribution < 1.29 is 9.84 Å². The zero-order valence-corrected chi connectivity index (χ0v) is 16.6. The predicted molar refractivity (Wildman–Crippen MR) is 106 cm³/mol. The van der Waals surface area contributed by atoms with Gasteiger partial charge in [0, 0.05) is 35.5 Å². The normalized spacial score (nSPS) is 28.7. The molecular weight excluding hydrogens is 350 g/mol. The fourth-order valence-corrected chi connectivity index (χ4v) is 4.38. The number of hydrogen-bond acceptors (Lipinski definition) is 3. The van der Waals surface area contributed by atoms with Gasteiger partial charge in [0.1, 0.15) is 0 Å². The topological polar surface area (TPSA) is 65.9 Å². The minimum atomic E-state index is -0.650. The van der Waals surface area contributed by atoms with Crippen LogP contribution in [0.3, 0.4) is 0 Å². The Morgan fingerprint density at radius 3 is 2.81 bits per heavy atom. The van der Waals surface area contributed by atoms with E-state index in [-0.39, 0.29) is 5.41 Å². The average molecular weight is 380 g/mol. The predicted octanol–water partition coefficient (Wildman–Crippen LogP) is 3.13.